The van der Waals surface area contributed by atoms with Crippen LogP contribution in [0.5, 0.6) is 11.5 Å². The second-order valence-corrected chi connectivity index (χ2v) is 8.65. The molecule has 10 heteroatoms. The quantitative estimate of drug-likeness (QED) is 0.552. The van der Waals surface area contributed by atoms with Crippen LogP contribution in [-0.2, 0) is 6.42 Å². The van der Waals surface area contributed by atoms with Crippen molar-refractivity contribution in [2.24, 2.45) is 0 Å². The van der Waals surface area contributed by atoms with Gasteiger partial charge in [0.1, 0.15) is 5.82 Å². The summed E-state index contributed by atoms with van der Waals surface area (Å²) in [6.45, 7) is 0.489. The van der Waals surface area contributed by atoms with Crippen LogP contribution in [0.1, 0.15) is 46.5 Å². The lowest BCUT2D eigenvalue weighted by Crippen LogP contribution is -2.37. The molecule has 0 fully saturated rings. The second-order valence-electron chi connectivity index (χ2n) is 8.65. The highest BCUT2D eigenvalue weighted by atomic mass is 19.4. The number of nitrogens with zero attached hydrogens (tertiary/aromatic N) is 3. The zero-order valence-corrected chi connectivity index (χ0v) is 19.3. The minimum absolute atomic E-state index is 0.0218. The van der Waals surface area contributed by atoms with E-state index in [2.05, 4.69) is 10.4 Å². The third kappa shape index (κ3) is 4.17. The molecule has 3 heterocycles. The zero-order valence-electron chi connectivity index (χ0n) is 19.3. The maximum atomic E-state index is 14.1. The fourth-order valence-corrected chi connectivity index (χ4v) is 4.85. The monoisotopic (exact) mass is 486 g/mol. The van der Waals surface area contributed by atoms with Crippen LogP contribution in [0.15, 0.2) is 48.5 Å². The van der Waals surface area contributed by atoms with E-state index >= 15 is 0 Å². The molecule has 0 saturated carbocycles. The van der Waals surface area contributed by atoms with E-state index in [1.54, 1.807) is 23.1 Å². The summed E-state index contributed by atoms with van der Waals surface area (Å²) in [7, 11) is 2.97. The number of aryl methyl sites for hydroxylation is 1. The number of carbonyl (C=O) groups excluding carboxylic acids is 1. The molecule has 0 spiro atoms. The molecule has 184 valence electrons. The van der Waals surface area contributed by atoms with Crippen molar-refractivity contribution in [2.45, 2.75) is 37.5 Å². The summed E-state index contributed by atoms with van der Waals surface area (Å²) < 4.78 is 53.8. The summed E-state index contributed by atoms with van der Waals surface area (Å²) in [6, 6.07) is 11.5. The van der Waals surface area contributed by atoms with Gasteiger partial charge in [0, 0.05) is 24.7 Å². The topological polar surface area (TPSA) is 68.6 Å². The van der Waals surface area contributed by atoms with Gasteiger partial charge in [-0.1, -0.05) is 24.3 Å². The highest BCUT2D eigenvalue weighted by Crippen LogP contribution is 2.45. The Morgan fingerprint density at radius 2 is 1.86 bits per heavy atom. The van der Waals surface area contributed by atoms with Gasteiger partial charge in [-0.2, -0.15) is 18.3 Å². The summed E-state index contributed by atoms with van der Waals surface area (Å²) in [4.78, 5) is 15.0. The first-order valence-electron chi connectivity index (χ1n) is 11.3. The van der Waals surface area contributed by atoms with E-state index in [0.717, 1.165) is 28.8 Å². The number of methoxy groups -OCH3 is 2. The molecular weight excluding hydrogens is 461 g/mol. The van der Waals surface area contributed by atoms with Crippen molar-refractivity contribution in [3.63, 3.8) is 0 Å². The number of anilines is 2. The molecule has 7 nitrogen and oxygen atoms in total. The number of hydrogen-bond donors (Lipinski definition) is 1. The van der Waals surface area contributed by atoms with Gasteiger partial charge >= 0.3 is 6.18 Å². The van der Waals surface area contributed by atoms with E-state index in [9.17, 15) is 18.0 Å². The van der Waals surface area contributed by atoms with Crippen LogP contribution >= 0.6 is 0 Å². The Morgan fingerprint density at radius 3 is 2.60 bits per heavy atom. The van der Waals surface area contributed by atoms with Crippen LogP contribution < -0.4 is 19.7 Å². The van der Waals surface area contributed by atoms with Crippen molar-refractivity contribution in [3.05, 3.63) is 65.4 Å². The molecule has 0 bridgehead atoms. The first-order chi connectivity index (χ1) is 16.8. The normalized spacial score (nSPS) is 19.4. The fourth-order valence-electron chi connectivity index (χ4n) is 4.85. The molecule has 35 heavy (non-hydrogen) atoms. The minimum atomic E-state index is -4.55. The summed E-state index contributed by atoms with van der Waals surface area (Å²) in [5, 5.41) is 7.27. The molecule has 0 unspecified atom stereocenters. The van der Waals surface area contributed by atoms with Gasteiger partial charge in [0.05, 0.1) is 20.3 Å². The van der Waals surface area contributed by atoms with Crippen molar-refractivity contribution in [1.82, 2.24) is 9.78 Å². The number of nitrogens with one attached hydrogen (secondary N) is 1. The molecular formula is C25H25F3N4O3. The summed E-state index contributed by atoms with van der Waals surface area (Å²) in [6.07, 6.45) is -3.20. The maximum absolute atomic E-state index is 14.1. The van der Waals surface area contributed by atoms with Crippen LogP contribution in [0.25, 0.3) is 0 Å². The number of ether oxygens (including phenoxy) is 2. The number of hydrogen-bond acceptors (Lipinski definition) is 5. The molecule has 2 aliphatic heterocycles. The first-order valence-corrected chi connectivity index (χ1v) is 11.3. The Bertz CT molecular complexity index is 1260. The van der Waals surface area contributed by atoms with Gasteiger partial charge in [0.2, 0.25) is 0 Å². The number of rotatable bonds is 4. The molecule has 2 atom stereocenters. The van der Waals surface area contributed by atoms with Crippen LogP contribution in [0.2, 0.25) is 0 Å². The van der Waals surface area contributed by atoms with Crippen LogP contribution in [0.3, 0.4) is 0 Å². The third-order valence-corrected chi connectivity index (χ3v) is 6.57. The largest absolute Gasteiger partial charge is 0.493 e. The van der Waals surface area contributed by atoms with Crippen molar-refractivity contribution in [1.29, 1.82) is 0 Å². The molecule has 2 aliphatic rings. The second kappa shape index (κ2) is 8.83. The highest BCUT2D eigenvalue weighted by Gasteiger charge is 2.47. The van der Waals surface area contributed by atoms with Gasteiger partial charge in [-0.15, -0.1) is 0 Å². The molecule has 3 aromatic rings. The van der Waals surface area contributed by atoms with Gasteiger partial charge < -0.3 is 19.7 Å². The van der Waals surface area contributed by atoms with Gasteiger partial charge in [-0.3, -0.25) is 4.79 Å². The van der Waals surface area contributed by atoms with E-state index in [-0.39, 0.29) is 17.9 Å². The van der Waals surface area contributed by atoms with E-state index in [0.29, 0.717) is 23.6 Å². The first kappa shape index (κ1) is 23.1. The Morgan fingerprint density at radius 1 is 1.09 bits per heavy atom. The molecule has 0 aliphatic carbocycles. The predicted molar refractivity (Wildman–Crippen MR) is 124 cm³/mol. The molecule has 1 aromatic heterocycles. The molecule has 0 saturated heterocycles. The predicted octanol–water partition coefficient (Wildman–Crippen LogP) is 5.15. The Hall–Kier alpha value is -3.69. The van der Waals surface area contributed by atoms with E-state index in [1.165, 1.54) is 20.3 Å². The number of halogens is 3. The Kier molecular flexibility index (Phi) is 5.82. The minimum Gasteiger partial charge on any atom is -0.493 e. The van der Waals surface area contributed by atoms with Gasteiger partial charge in [-0.25, -0.2) is 4.68 Å². The lowest BCUT2D eigenvalue weighted by Gasteiger charge is -2.33. The highest BCUT2D eigenvalue weighted by molar-refractivity contribution is 6.06. The summed E-state index contributed by atoms with van der Waals surface area (Å²) in [5.74, 6) is 0.643. The molecule has 1 N–H and O–H groups in total. The SMILES string of the molecule is COc1ccc([C@H]2C[C@@H](C(F)(F)F)n3nc(C(=O)N4CCCc5ccccc54)cc3N2)cc1OC. The fraction of sp³-hybridized carbons (Fsp3) is 0.360. The van der Waals surface area contributed by atoms with Crippen LogP contribution in [0.4, 0.5) is 24.7 Å². The average molecular weight is 486 g/mol. The Labute approximate surface area is 200 Å². The Balaban J connectivity index is 1.49. The number of aromatic nitrogens is 2. The van der Waals surface area contributed by atoms with Crippen molar-refractivity contribution in [3.8, 4) is 11.5 Å². The van der Waals surface area contributed by atoms with E-state index < -0.39 is 24.2 Å². The summed E-state index contributed by atoms with van der Waals surface area (Å²) in [5.41, 5.74) is 2.41. The van der Waals surface area contributed by atoms with E-state index in [4.69, 9.17) is 9.47 Å². The smallest absolute Gasteiger partial charge is 0.410 e. The number of amides is 1. The van der Waals surface area contributed by atoms with Gasteiger partial charge in [0.15, 0.2) is 23.2 Å². The number of fused-ring (bicyclic) bond motifs is 2. The van der Waals surface area contributed by atoms with Crippen LogP contribution in [0, 0.1) is 0 Å². The lowest BCUT2D eigenvalue weighted by molar-refractivity contribution is -0.173. The number of para-hydroxylation sites is 1. The van der Waals surface area contributed by atoms with Gasteiger partial charge in [-0.05, 0) is 42.2 Å². The van der Waals surface area contributed by atoms with Crippen molar-refractivity contribution >= 4 is 17.4 Å². The van der Waals surface area contributed by atoms with Gasteiger partial charge in [0.25, 0.3) is 5.91 Å². The van der Waals surface area contributed by atoms with Crippen molar-refractivity contribution < 1.29 is 27.4 Å². The number of alkyl halides is 3. The maximum Gasteiger partial charge on any atom is 0.410 e. The van der Waals surface area contributed by atoms with Crippen molar-refractivity contribution in [2.75, 3.05) is 31.0 Å². The summed E-state index contributed by atoms with van der Waals surface area (Å²) >= 11 is 0. The lowest BCUT2D eigenvalue weighted by atomic mass is 9.96. The standard InChI is InChI=1S/C25H25F3N4O3/c1-34-20-10-9-16(12-21(20)35-2)17-13-22(25(26,27)28)32-23(29-17)14-18(30-32)24(33)31-11-5-7-15-6-3-4-8-19(15)31/h3-4,6,8-10,12,14,17,22,29H,5,7,11,13H2,1-2H3/t17-,22+/m1/s1. The molecule has 2 aromatic carbocycles. The molecule has 5 rings (SSSR count). The average Bonchev–Trinajstić information content (AvgIpc) is 3.30. The number of benzene rings is 2. The number of carbonyl (C=O) groups is 1. The van der Waals surface area contributed by atoms with Crippen LogP contribution in [-0.4, -0.2) is 42.6 Å². The zero-order chi connectivity index (χ0) is 24.7. The molecule has 1 amide bonds. The molecule has 0 radical (unpaired) electrons. The third-order valence-electron chi connectivity index (χ3n) is 6.57. The van der Waals surface area contributed by atoms with E-state index in [1.807, 2.05) is 24.3 Å².